The molecule has 122 valence electrons. The Morgan fingerprint density at radius 3 is 2.78 bits per heavy atom. The van der Waals surface area contributed by atoms with Crippen molar-refractivity contribution < 1.29 is 13.7 Å². The van der Waals surface area contributed by atoms with Crippen molar-refractivity contribution in [1.29, 1.82) is 0 Å². The van der Waals surface area contributed by atoms with E-state index in [-0.39, 0.29) is 30.1 Å². The van der Waals surface area contributed by atoms with Crippen LogP contribution in [-0.4, -0.2) is 22.5 Å². The molecule has 1 aromatic carbocycles. The van der Waals surface area contributed by atoms with Gasteiger partial charge in [0.05, 0.1) is 12.5 Å². The van der Waals surface area contributed by atoms with Crippen LogP contribution in [0.3, 0.4) is 0 Å². The van der Waals surface area contributed by atoms with Crippen molar-refractivity contribution in [1.82, 2.24) is 10.1 Å². The molecule has 4 nitrogen and oxygen atoms in total. The van der Waals surface area contributed by atoms with Crippen molar-refractivity contribution in [3.05, 3.63) is 53.2 Å². The number of hydrogen-bond acceptors (Lipinski definition) is 3. The van der Waals surface area contributed by atoms with E-state index in [9.17, 15) is 9.18 Å². The smallest absolute Gasteiger partial charge is 0.227 e. The second-order valence-electron chi connectivity index (χ2n) is 6.36. The van der Waals surface area contributed by atoms with Crippen LogP contribution >= 0.6 is 0 Å². The zero-order valence-corrected chi connectivity index (χ0v) is 13.5. The van der Waals surface area contributed by atoms with E-state index in [2.05, 4.69) is 19.0 Å². The Balaban J connectivity index is 1.72. The van der Waals surface area contributed by atoms with Crippen LogP contribution in [0.25, 0.3) is 0 Å². The topological polar surface area (TPSA) is 46.3 Å². The molecule has 0 aliphatic carbocycles. The number of carbonyl (C=O) groups is 1. The van der Waals surface area contributed by atoms with Gasteiger partial charge < -0.3 is 9.42 Å². The third-order valence-electron chi connectivity index (χ3n) is 4.30. The van der Waals surface area contributed by atoms with Crippen molar-refractivity contribution in [2.75, 3.05) is 6.54 Å². The predicted molar refractivity (Wildman–Crippen MR) is 84.4 cm³/mol. The highest BCUT2D eigenvalue weighted by Gasteiger charge is 2.32. The highest BCUT2D eigenvalue weighted by Crippen LogP contribution is 2.33. The van der Waals surface area contributed by atoms with Crippen LogP contribution in [0.5, 0.6) is 0 Å². The Kier molecular flexibility index (Phi) is 4.46. The van der Waals surface area contributed by atoms with E-state index in [0.717, 1.165) is 36.4 Å². The fraction of sp³-hybridized carbons (Fsp3) is 0.444. The lowest BCUT2D eigenvalue weighted by Crippen LogP contribution is -2.32. The fourth-order valence-electron chi connectivity index (χ4n) is 2.98. The summed E-state index contributed by atoms with van der Waals surface area (Å²) in [4.78, 5) is 14.5. The monoisotopic (exact) mass is 316 g/mol. The number of amides is 1. The highest BCUT2D eigenvalue weighted by molar-refractivity contribution is 5.79. The van der Waals surface area contributed by atoms with Crippen LogP contribution in [0.1, 0.15) is 55.7 Å². The molecule has 0 saturated carbocycles. The number of carbonyl (C=O) groups excluding carboxylic acids is 1. The molecule has 3 rings (SSSR count). The highest BCUT2D eigenvalue weighted by atomic mass is 19.1. The van der Waals surface area contributed by atoms with Crippen molar-refractivity contribution >= 4 is 5.91 Å². The summed E-state index contributed by atoms with van der Waals surface area (Å²) in [6.07, 6.45) is 2.15. The van der Waals surface area contributed by atoms with Gasteiger partial charge >= 0.3 is 0 Å². The van der Waals surface area contributed by atoms with E-state index in [1.807, 2.05) is 11.0 Å². The van der Waals surface area contributed by atoms with E-state index in [1.54, 1.807) is 12.1 Å². The first-order valence-corrected chi connectivity index (χ1v) is 8.05. The Bertz CT molecular complexity index is 679. The molecule has 2 heterocycles. The number of rotatable bonds is 4. The molecule has 2 aromatic rings. The van der Waals surface area contributed by atoms with Crippen LogP contribution in [0.2, 0.25) is 0 Å². The number of hydrogen-bond donors (Lipinski definition) is 0. The first-order chi connectivity index (χ1) is 11.0. The number of nitrogens with zero attached hydrogens (tertiary/aromatic N) is 2. The van der Waals surface area contributed by atoms with Gasteiger partial charge in [-0.3, -0.25) is 4.79 Å². The maximum Gasteiger partial charge on any atom is 0.227 e. The molecule has 1 aliphatic rings. The summed E-state index contributed by atoms with van der Waals surface area (Å²) in [5.74, 6) is 0.885. The van der Waals surface area contributed by atoms with Gasteiger partial charge in [-0.15, -0.1) is 0 Å². The van der Waals surface area contributed by atoms with Gasteiger partial charge in [0.1, 0.15) is 17.3 Å². The molecule has 0 radical (unpaired) electrons. The van der Waals surface area contributed by atoms with Crippen LogP contribution in [0, 0.1) is 5.82 Å². The van der Waals surface area contributed by atoms with Gasteiger partial charge in [-0.2, -0.15) is 0 Å². The van der Waals surface area contributed by atoms with E-state index < -0.39 is 0 Å². The third kappa shape index (κ3) is 3.44. The molecule has 1 saturated heterocycles. The number of aromatic nitrogens is 1. The molecule has 1 fully saturated rings. The second kappa shape index (κ2) is 6.52. The third-order valence-corrected chi connectivity index (χ3v) is 4.30. The molecule has 1 amide bonds. The van der Waals surface area contributed by atoms with E-state index in [1.165, 1.54) is 12.1 Å². The first kappa shape index (κ1) is 15.7. The summed E-state index contributed by atoms with van der Waals surface area (Å²) in [5.41, 5.74) is 1.66. The van der Waals surface area contributed by atoms with E-state index >= 15 is 0 Å². The molecule has 1 aromatic heterocycles. The quantitative estimate of drug-likeness (QED) is 0.861. The Morgan fingerprint density at radius 1 is 1.39 bits per heavy atom. The van der Waals surface area contributed by atoms with Crippen LogP contribution in [0.15, 0.2) is 34.9 Å². The SMILES string of the molecule is CC(C)c1cc([C@@H]2CCCN2C(=O)Cc2ccc(F)cc2)no1. The van der Waals surface area contributed by atoms with Gasteiger partial charge in [0.25, 0.3) is 0 Å². The molecule has 0 spiro atoms. The van der Waals surface area contributed by atoms with Gasteiger partial charge in [0, 0.05) is 18.5 Å². The van der Waals surface area contributed by atoms with Crippen LogP contribution in [0.4, 0.5) is 4.39 Å². The maximum atomic E-state index is 13.0. The lowest BCUT2D eigenvalue weighted by atomic mass is 10.1. The molecule has 23 heavy (non-hydrogen) atoms. The summed E-state index contributed by atoms with van der Waals surface area (Å²) in [6, 6.07) is 8.03. The van der Waals surface area contributed by atoms with Crippen LogP contribution in [-0.2, 0) is 11.2 Å². The average Bonchev–Trinajstić information content (AvgIpc) is 3.17. The Hall–Kier alpha value is -2.17. The molecule has 5 heteroatoms. The predicted octanol–water partition coefficient (Wildman–Crippen LogP) is 3.84. The molecular weight excluding hydrogens is 295 g/mol. The summed E-state index contributed by atoms with van der Waals surface area (Å²) in [6.45, 7) is 4.83. The summed E-state index contributed by atoms with van der Waals surface area (Å²) < 4.78 is 18.3. The van der Waals surface area contributed by atoms with Gasteiger partial charge in [-0.1, -0.05) is 31.1 Å². The van der Waals surface area contributed by atoms with Gasteiger partial charge in [0.2, 0.25) is 5.91 Å². The second-order valence-corrected chi connectivity index (χ2v) is 6.36. The summed E-state index contributed by atoms with van der Waals surface area (Å²) >= 11 is 0. The summed E-state index contributed by atoms with van der Waals surface area (Å²) in [5, 5.41) is 4.15. The molecule has 0 unspecified atom stereocenters. The van der Waals surface area contributed by atoms with Crippen LogP contribution < -0.4 is 0 Å². The average molecular weight is 316 g/mol. The fourth-order valence-corrected chi connectivity index (χ4v) is 2.98. The minimum atomic E-state index is -0.288. The standard InChI is InChI=1S/C18H21FN2O2/c1-12(2)17-11-15(20-23-17)16-4-3-9-21(16)18(22)10-13-5-7-14(19)8-6-13/h5-8,11-12,16H,3-4,9-10H2,1-2H3/t16-/m0/s1. The van der Waals surface area contributed by atoms with E-state index in [0.29, 0.717) is 0 Å². The molecule has 1 aliphatic heterocycles. The van der Waals surface area contributed by atoms with Gasteiger partial charge in [-0.25, -0.2) is 4.39 Å². The first-order valence-electron chi connectivity index (χ1n) is 8.05. The van der Waals surface area contributed by atoms with E-state index in [4.69, 9.17) is 4.52 Å². The molecule has 0 bridgehead atoms. The minimum Gasteiger partial charge on any atom is -0.361 e. The lowest BCUT2D eigenvalue weighted by Gasteiger charge is -2.23. The zero-order chi connectivity index (χ0) is 16.4. The Morgan fingerprint density at radius 2 is 2.13 bits per heavy atom. The lowest BCUT2D eigenvalue weighted by molar-refractivity contribution is -0.131. The van der Waals surface area contributed by atoms with Gasteiger partial charge in [0.15, 0.2) is 0 Å². The van der Waals surface area contributed by atoms with Gasteiger partial charge in [-0.05, 0) is 30.5 Å². The van der Waals surface area contributed by atoms with Crippen molar-refractivity contribution in [3.8, 4) is 0 Å². The molecule has 1 atom stereocenters. The number of benzene rings is 1. The molecular formula is C18H21FN2O2. The summed E-state index contributed by atoms with van der Waals surface area (Å²) in [7, 11) is 0. The van der Waals surface area contributed by atoms with Crippen molar-refractivity contribution in [2.45, 2.75) is 45.1 Å². The van der Waals surface area contributed by atoms with Crippen molar-refractivity contribution in [3.63, 3.8) is 0 Å². The number of halogens is 1. The zero-order valence-electron chi connectivity index (χ0n) is 13.5. The number of likely N-dealkylation sites (tertiary alicyclic amines) is 1. The Labute approximate surface area is 135 Å². The minimum absolute atomic E-state index is 0.0146. The normalized spacial score (nSPS) is 17.9. The maximum absolute atomic E-state index is 13.0. The molecule has 0 N–H and O–H groups in total. The van der Waals surface area contributed by atoms with Crippen molar-refractivity contribution in [2.24, 2.45) is 0 Å². The largest absolute Gasteiger partial charge is 0.361 e.